The zero-order valence-corrected chi connectivity index (χ0v) is 20.3. The molecule has 0 fully saturated rings. The Morgan fingerprint density at radius 1 is 1.03 bits per heavy atom. The van der Waals surface area contributed by atoms with E-state index in [9.17, 15) is 22.8 Å². The molecule has 1 atom stereocenters. The highest BCUT2D eigenvalue weighted by Gasteiger charge is 2.31. The van der Waals surface area contributed by atoms with Crippen LogP contribution in [0, 0.1) is 0 Å². The largest absolute Gasteiger partial charge is 0.357 e. The number of amides is 2. The molecule has 0 heterocycles. The topological polar surface area (TPSA) is 104 Å². The maximum atomic E-state index is 13.4. The number of sulfonamides is 1. The standard InChI is InChI=1S/C24H31N3O5S/c1-5-22(24(30)25-3)26(15-14-19-10-7-6-8-11-19)23(29)17-27(33(4,31)32)21-13-9-12-20(16-21)18(2)28/h6-13,16,22H,5,14-15,17H2,1-4H3,(H,25,30). The number of benzene rings is 2. The van der Waals surface area contributed by atoms with Gasteiger partial charge in [0, 0.05) is 19.2 Å². The van der Waals surface area contributed by atoms with Gasteiger partial charge in [-0.15, -0.1) is 0 Å². The second-order valence-corrected chi connectivity index (χ2v) is 9.64. The van der Waals surface area contributed by atoms with Gasteiger partial charge in [0.15, 0.2) is 5.78 Å². The van der Waals surface area contributed by atoms with Gasteiger partial charge in [0.2, 0.25) is 21.8 Å². The quantitative estimate of drug-likeness (QED) is 0.504. The molecule has 0 aliphatic heterocycles. The summed E-state index contributed by atoms with van der Waals surface area (Å²) in [5.74, 6) is -1.03. The minimum Gasteiger partial charge on any atom is -0.357 e. The molecule has 0 spiro atoms. The molecular weight excluding hydrogens is 442 g/mol. The zero-order valence-electron chi connectivity index (χ0n) is 19.4. The molecule has 9 heteroatoms. The molecule has 1 unspecified atom stereocenters. The Morgan fingerprint density at radius 3 is 2.24 bits per heavy atom. The van der Waals surface area contributed by atoms with E-state index in [0.29, 0.717) is 18.4 Å². The molecule has 8 nitrogen and oxygen atoms in total. The number of likely N-dealkylation sites (N-methyl/N-ethyl adjacent to an activating group) is 1. The van der Waals surface area contributed by atoms with Crippen molar-refractivity contribution in [2.45, 2.75) is 32.7 Å². The van der Waals surface area contributed by atoms with Crippen molar-refractivity contribution < 1.29 is 22.8 Å². The van der Waals surface area contributed by atoms with Crippen LogP contribution in [0.15, 0.2) is 54.6 Å². The van der Waals surface area contributed by atoms with Gasteiger partial charge in [-0.05, 0) is 37.5 Å². The van der Waals surface area contributed by atoms with Crippen molar-refractivity contribution in [3.63, 3.8) is 0 Å². The number of anilines is 1. The van der Waals surface area contributed by atoms with Crippen molar-refractivity contribution >= 4 is 33.3 Å². The van der Waals surface area contributed by atoms with E-state index in [1.54, 1.807) is 19.1 Å². The van der Waals surface area contributed by atoms with Crippen molar-refractivity contribution in [2.75, 3.05) is 30.7 Å². The predicted octanol–water partition coefficient (Wildman–Crippen LogP) is 2.25. The van der Waals surface area contributed by atoms with Crippen LogP contribution in [0.25, 0.3) is 0 Å². The summed E-state index contributed by atoms with van der Waals surface area (Å²) in [7, 11) is -2.34. The number of nitrogens with zero attached hydrogens (tertiary/aromatic N) is 2. The maximum Gasteiger partial charge on any atom is 0.244 e. The summed E-state index contributed by atoms with van der Waals surface area (Å²) in [6, 6.07) is 14.9. The summed E-state index contributed by atoms with van der Waals surface area (Å²) in [6.45, 7) is 2.95. The Hall–Kier alpha value is -3.20. The first-order valence-corrected chi connectivity index (χ1v) is 12.6. The minimum atomic E-state index is -3.84. The Kier molecular flexibility index (Phi) is 9.16. The van der Waals surface area contributed by atoms with E-state index in [1.165, 1.54) is 31.0 Å². The highest BCUT2D eigenvalue weighted by atomic mass is 32.2. The van der Waals surface area contributed by atoms with Gasteiger partial charge in [-0.1, -0.05) is 49.4 Å². The Labute approximate surface area is 195 Å². The van der Waals surface area contributed by atoms with Crippen molar-refractivity contribution in [2.24, 2.45) is 0 Å². The van der Waals surface area contributed by atoms with E-state index >= 15 is 0 Å². The van der Waals surface area contributed by atoms with Gasteiger partial charge in [-0.2, -0.15) is 0 Å². The van der Waals surface area contributed by atoms with Gasteiger partial charge < -0.3 is 10.2 Å². The van der Waals surface area contributed by atoms with Gasteiger partial charge >= 0.3 is 0 Å². The molecule has 0 aliphatic carbocycles. The fourth-order valence-corrected chi connectivity index (χ4v) is 4.40. The molecule has 2 amide bonds. The highest BCUT2D eigenvalue weighted by Crippen LogP contribution is 2.20. The second-order valence-electron chi connectivity index (χ2n) is 7.74. The molecule has 0 radical (unpaired) electrons. The average Bonchev–Trinajstić information content (AvgIpc) is 2.79. The molecule has 33 heavy (non-hydrogen) atoms. The van der Waals surface area contributed by atoms with Gasteiger partial charge in [0.25, 0.3) is 0 Å². The summed E-state index contributed by atoms with van der Waals surface area (Å²) >= 11 is 0. The third-order valence-electron chi connectivity index (χ3n) is 5.34. The number of rotatable bonds is 11. The number of carbonyl (C=O) groups is 3. The van der Waals surface area contributed by atoms with Crippen molar-refractivity contribution in [3.05, 3.63) is 65.7 Å². The highest BCUT2D eigenvalue weighted by molar-refractivity contribution is 7.92. The van der Waals surface area contributed by atoms with Crippen molar-refractivity contribution in [1.29, 1.82) is 0 Å². The third-order valence-corrected chi connectivity index (χ3v) is 6.48. The fourth-order valence-electron chi connectivity index (χ4n) is 3.56. The van der Waals surface area contributed by atoms with Gasteiger partial charge in [-0.3, -0.25) is 18.7 Å². The fraction of sp³-hybridized carbons (Fsp3) is 0.375. The van der Waals surface area contributed by atoms with Crippen LogP contribution < -0.4 is 9.62 Å². The maximum absolute atomic E-state index is 13.4. The number of ketones is 1. The first-order chi connectivity index (χ1) is 15.6. The van der Waals surface area contributed by atoms with E-state index in [2.05, 4.69) is 5.32 Å². The second kappa shape index (κ2) is 11.6. The van der Waals surface area contributed by atoms with E-state index < -0.39 is 28.5 Å². The Morgan fingerprint density at radius 2 is 1.70 bits per heavy atom. The summed E-state index contributed by atoms with van der Waals surface area (Å²) in [6.07, 6.45) is 1.89. The molecule has 178 valence electrons. The first-order valence-electron chi connectivity index (χ1n) is 10.7. The molecule has 1 N–H and O–H groups in total. The van der Waals surface area contributed by atoms with Crippen molar-refractivity contribution in [3.8, 4) is 0 Å². The van der Waals surface area contributed by atoms with Crippen LogP contribution in [0.5, 0.6) is 0 Å². The summed E-state index contributed by atoms with van der Waals surface area (Å²) in [5.41, 5.74) is 1.55. The van der Waals surface area contributed by atoms with Crippen LogP contribution in [0.4, 0.5) is 5.69 Å². The van der Waals surface area contributed by atoms with Crippen LogP contribution in [0.2, 0.25) is 0 Å². The molecule has 0 aromatic heterocycles. The number of hydrogen-bond donors (Lipinski definition) is 1. The number of carbonyl (C=O) groups excluding carboxylic acids is 3. The average molecular weight is 474 g/mol. The molecule has 2 aromatic rings. The smallest absolute Gasteiger partial charge is 0.244 e. The zero-order chi connectivity index (χ0) is 24.6. The minimum absolute atomic E-state index is 0.216. The SMILES string of the molecule is CCC(C(=O)NC)N(CCc1ccccc1)C(=O)CN(c1cccc(C(C)=O)c1)S(C)(=O)=O. The molecule has 0 bridgehead atoms. The Bertz CT molecular complexity index is 1090. The molecule has 2 aromatic carbocycles. The van der Waals surface area contributed by atoms with Crippen LogP contribution >= 0.6 is 0 Å². The van der Waals surface area contributed by atoms with E-state index in [0.717, 1.165) is 16.1 Å². The summed E-state index contributed by atoms with van der Waals surface area (Å²) in [5, 5.41) is 2.58. The van der Waals surface area contributed by atoms with Gasteiger partial charge in [-0.25, -0.2) is 8.42 Å². The lowest BCUT2D eigenvalue weighted by Gasteiger charge is -2.32. The molecule has 2 rings (SSSR count). The first kappa shape index (κ1) is 26.1. The number of nitrogens with one attached hydrogen (secondary N) is 1. The summed E-state index contributed by atoms with van der Waals surface area (Å²) in [4.78, 5) is 39.1. The van der Waals surface area contributed by atoms with E-state index in [-0.39, 0.29) is 23.9 Å². The van der Waals surface area contributed by atoms with Crippen molar-refractivity contribution in [1.82, 2.24) is 10.2 Å². The lowest BCUT2D eigenvalue weighted by molar-refractivity contribution is -0.139. The summed E-state index contributed by atoms with van der Waals surface area (Å²) < 4.78 is 26.1. The monoisotopic (exact) mass is 473 g/mol. The van der Waals surface area contributed by atoms with Gasteiger partial charge in [0.05, 0.1) is 11.9 Å². The normalized spacial score (nSPS) is 12.0. The molecular formula is C24H31N3O5S. The lowest BCUT2D eigenvalue weighted by atomic mass is 10.1. The lowest BCUT2D eigenvalue weighted by Crippen LogP contribution is -2.52. The molecule has 0 saturated heterocycles. The third kappa shape index (κ3) is 7.15. The molecule has 0 saturated carbocycles. The van der Waals surface area contributed by atoms with Crippen LogP contribution in [-0.2, 0) is 26.0 Å². The van der Waals surface area contributed by atoms with Crippen LogP contribution in [-0.4, -0.2) is 63.4 Å². The number of hydrogen-bond acceptors (Lipinski definition) is 5. The van der Waals surface area contributed by atoms with Crippen LogP contribution in [0.1, 0.15) is 36.2 Å². The molecule has 0 aliphatic rings. The predicted molar refractivity (Wildman–Crippen MR) is 129 cm³/mol. The van der Waals surface area contributed by atoms with E-state index in [1.807, 2.05) is 30.3 Å². The Balaban J connectivity index is 2.38. The van der Waals surface area contributed by atoms with Gasteiger partial charge in [0.1, 0.15) is 12.6 Å². The number of Topliss-reactive ketones (excluding diaryl/α,β-unsaturated/α-hetero) is 1. The van der Waals surface area contributed by atoms with E-state index in [4.69, 9.17) is 0 Å². The van der Waals surface area contributed by atoms with Crippen LogP contribution in [0.3, 0.4) is 0 Å².